The van der Waals surface area contributed by atoms with E-state index in [4.69, 9.17) is 4.74 Å². The van der Waals surface area contributed by atoms with E-state index in [1.54, 1.807) is 0 Å². The standard InChI is InChI=1S/C57H39NO/c1-2-14-37(15-3-1)38-17-12-18-41(32-38)44-19-6-7-21-46(44)51-35-42-29-28-39(33-50(42)47-22-8-9-23-48(47)51)40-30-31-54-52(34-40)49-24-10-11-25-53(49)58(54)55-26-13-27-56-57(55)45-20-5-4-16-43(45)36-59-56/h1-34,51H,35-36H2. The van der Waals surface area contributed by atoms with Crippen molar-refractivity contribution in [3.8, 4) is 67.1 Å². The van der Waals surface area contributed by atoms with E-state index >= 15 is 0 Å². The lowest BCUT2D eigenvalue weighted by molar-refractivity contribution is 0.302. The van der Waals surface area contributed by atoms with E-state index in [-0.39, 0.29) is 5.92 Å². The van der Waals surface area contributed by atoms with Gasteiger partial charge in [-0.25, -0.2) is 0 Å². The first-order chi connectivity index (χ1) is 29.3. The van der Waals surface area contributed by atoms with Crippen LogP contribution in [0.4, 0.5) is 0 Å². The SMILES string of the molecule is c1ccc(-c2cccc(-c3ccccc3C3Cc4ccc(-c5ccc6c(c5)c5ccccc5n6-c5cccc6c5-c5ccccc5CO6)cc4-c4ccccc43)c2)cc1. The molecule has 0 N–H and O–H groups in total. The van der Waals surface area contributed by atoms with Crippen LogP contribution in [0.2, 0.25) is 0 Å². The highest BCUT2D eigenvalue weighted by Gasteiger charge is 2.28. The Morgan fingerprint density at radius 3 is 1.93 bits per heavy atom. The van der Waals surface area contributed by atoms with Gasteiger partial charge in [0.1, 0.15) is 12.4 Å². The van der Waals surface area contributed by atoms with Gasteiger partial charge >= 0.3 is 0 Å². The van der Waals surface area contributed by atoms with Crippen LogP contribution in [0.15, 0.2) is 206 Å². The fraction of sp³-hybridized carbons (Fsp3) is 0.0526. The Morgan fingerprint density at radius 2 is 1.03 bits per heavy atom. The lowest BCUT2D eigenvalue weighted by atomic mass is 9.73. The van der Waals surface area contributed by atoms with Crippen molar-refractivity contribution in [3.63, 3.8) is 0 Å². The zero-order chi connectivity index (χ0) is 38.9. The molecule has 0 radical (unpaired) electrons. The van der Waals surface area contributed by atoms with E-state index in [0.29, 0.717) is 6.61 Å². The number of benzene rings is 9. The summed E-state index contributed by atoms with van der Waals surface area (Å²) in [6.07, 6.45) is 0.947. The summed E-state index contributed by atoms with van der Waals surface area (Å²) in [5.41, 5.74) is 21.4. The number of rotatable bonds is 5. The van der Waals surface area contributed by atoms with Crippen LogP contribution in [0.5, 0.6) is 5.75 Å². The van der Waals surface area contributed by atoms with E-state index in [2.05, 4.69) is 211 Å². The van der Waals surface area contributed by atoms with E-state index in [9.17, 15) is 0 Å². The molecule has 2 aliphatic rings. The predicted octanol–water partition coefficient (Wildman–Crippen LogP) is 14.7. The zero-order valence-electron chi connectivity index (χ0n) is 32.5. The summed E-state index contributed by atoms with van der Waals surface area (Å²) < 4.78 is 8.75. The maximum atomic E-state index is 6.32. The fourth-order valence-corrected chi connectivity index (χ4v) is 9.95. The van der Waals surface area contributed by atoms with Crippen molar-refractivity contribution in [1.82, 2.24) is 4.57 Å². The molecule has 0 amide bonds. The largest absolute Gasteiger partial charge is 0.488 e. The fourth-order valence-electron chi connectivity index (χ4n) is 9.95. The highest BCUT2D eigenvalue weighted by molar-refractivity contribution is 6.11. The molecule has 278 valence electrons. The molecule has 1 aliphatic carbocycles. The smallest absolute Gasteiger partial charge is 0.129 e. The van der Waals surface area contributed by atoms with Gasteiger partial charge in [-0.3, -0.25) is 0 Å². The van der Waals surface area contributed by atoms with Crippen LogP contribution in [-0.4, -0.2) is 4.57 Å². The minimum absolute atomic E-state index is 0.240. The summed E-state index contributed by atoms with van der Waals surface area (Å²) >= 11 is 0. The number of hydrogen-bond acceptors (Lipinski definition) is 1. The minimum Gasteiger partial charge on any atom is -0.488 e. The molecule has 1 aromatic heterocycles. The van der Waals surface area contributed by atoms with Gasteiger partial charge in [0.2, 0.25) is 0 Å². The van der Waals surface area contributed by atoms with Crippen LogP contribution >= 0.6 is 0 Å². The summed E-state index contributed by atoms with van der Waals surface area (Å²) in [4.78, 5) is 0. The lowest BCUT2D eigenvalue weighted by Gasteiger charge is -2.30. The van der Waals surface area contributed by atoms with E-state index in [0.717, 1.165) is 23.4 Å². The van der Waals surface area contributed by atoms with Gasteiger partial charge in [-0.2, -0.15) is 0 Å². The van der Waals surface area contributed by atoms with Crippen molar-refractivity contribution in [2.24, 2.45) is 0 Å². The van der Waals surface area contributed by atoms with Crippen LogP contribution in [0.25, 0.3) is 83.1 Å². The van der Waals surface area contributed by atoms with Gasteiger partial charge in [-0.05, 0) is 121 Å². The van der Waals surface area contributed by atoms with Crippen molar-refractivity contribution in [2.75, 3.05) is 0 Å². The zero-order valence-corrected chi connectivity index (χ0v) is 32.5. The third kappa shape index (κ3) is 5.48. The summed E-state index contributed by atoms with van der Waals surface area (Å²) in [7, 11) is 0. The normalized spacial score (nSPS) is 13.9. The van der Waals surface area contributed by atoms with E-state index in [1.807, 2.05) is 0 Å². The molecular formula is C57H39NO. The maximum Gasteiger partial charge on any atom is 0.129 e. The summed E-state index contributed by atoms with van der Waals surface area (Å²) in [6.45, 7) is 0.589. The van der Waals surface area contributed by atoms with Gasteiger partial charge in [0.05, 0.1) is 16.7 Å². The van der Waals surface area contributed by atoms with Crippen molar-refractivity contribution < 1.29 is 4.74 Å². The Balaban J connectivity index is 0.950. The van der Waals surface area contributed by atoms with Gasteiger partial charge in [-0.15, -0.1) is 0 Å². The molecule has 0 fully saturated rings. The van der Waals surface area contributed by atoms with Gasteiger partial charge in [0, 0.05) is 22.3 Å². The highest BCUT2D eigenvalue weighted by atomic mass is 16.5. The van der Waals surface area contributed by atoms with Gasteiger partial charge in [0.25, 0.3) is 0 Å². The first kappa shape index (κ1) is 33.7. The number of para-hydroxylation sites is 1. The van der Waals surface area contributed by atoms with Gasteiger partial charge in [-0.1, -0.05) is 164 Å². The second kappa shape index (κ2) is 13.6. The second-order valence-electron chi connectivity index (χ2n) is 15.9. The molecule has 1 aliphatic heterocycles. The van der Waals surface area contributed by atoms with Crippen molar-refractivity contribution >= 4 is 21.8 Å². The topological polar surface area (TPSA) is 14.2 Å². The predicted molar refractivity (Wildman–Crippen MR) is 244 cm³/mol. The molecule has 0 saturated heterocycles. The van der Waals surface area contributed by atoms with Crippen LogP contribution in [0, 0.1) is 0 Å². The van der Waals surface area contributed by atoms with Crippen molar-refractivity contribution in [2.45, 2.75) is 18.9 Å². The van der Waals surface area contributed by atoms with Crippen LogP contribution in [0.1, 0.15) is 28.2 Å². The second-order valence-corrected chi connectivity index (χ2v) is 15.9. The molecule has 10 aromatic rings. The molecular weight excluding hydrogens is 715 g/mol. The van der Waals surface area contributed by atoms with Crippen molar-refractivity contribution in [1.29, 1.82) is 0 Å². The van der Waals surface area contributed by atoms with E-state index < -0.39 is 0 Å². The van der Waals surface area contributed by atoms with Crippen LogP contribution in [-0.2, 0) is 13.0 Å². The number of aromatic nitrogens is 1. The first-order valence-electron chi connectivity index (χ1n) is 20.6. The Hall–Kier alpha value is -7.42. The number of ether oxygens (including phenoxy) is 1. The molecule has 2 heteroatoms. The van der Waals surface area contributed by atoms with Crippen LogP contribution < -0.4 is 4.74 Å². The summed E-state index contributed by atoms with van der Waals surface area (Å²) in [5, 5.41) is 2.48. The average Bonchev–Trinajstić information content (AvgIpc) is 3.64. The number of fused-ring (bicyclic) bond motifs is 9. The molecule has 1 atom stereocenters. The van der Waals surface area contributed by atoms with Crippen molar-refractivity contribution in [3.05, 3.63) is 229 Å². The lowest BCUT2D eigenvalue weighted by Crippen LogP contribution is -2.13. The number of nitrogens with zero attached hydrogens (tertiary/aromatic N) is 1. The maximum absolute atomic E-state index is 6.32. The molecule has 2 heterocycles. The third-order valence-corrected chi connectivity index (χ3v) is 12.7. The van der Waals surface area contributed by atoms with E-state index in [1.165, 1.54) is 94.1 Å². The molecule has 1 unspecified atom stereocenters. The van der Waals surface area contributed by atoms with Crippen LogP contribution in [0.3, 0.4) is 0 Å². The van der Waals surface area contributed by atoms with Gasteiger partial charge < -0.3 is 9.30 Å². The summed E-state index contributed by atoms with van der Waals surface area (Å²) in [6, 6.07) is 75.8. The average molecular weight is 754 g/mol. The monoisotopic (exact) mass is 753 g/mol. The molecule has 0 bridgehead atoms. The molecule has 2 nitrogen and oxygen atoms in total. The molecule has 59 heavy (non-hydrogen) atoms. The minimum atomic E-state index is 0.240. The summed E-state index contributed by atoms with van der Waals surface area (Å²) in [5.74, 6) is 1.17. The highest BCUT2D eigenvalue weighted by Crippen LogP contribution is 2.48. The molecule has 12 rings (SSSR count). The Bertz CT molecular complexity index is 3260. The quantitative estimate of drug-likeness (QED) is 0.171. The molecule has 9 aromatic carbocycles. The third-order valence-electron chi connectivity index (χ3n) is 12.7. The number of hydrogen-bond donors (Lipinski definition) is 0. The molecule has 0 saturated carbocycles. The Kier molecular flexibility index (Phi) is 7.77. The first-order valence-corrected chi connectivity index (χ1v) is 20.6. The Morgan fingerprint density at radius 1 is 0.390 bits per heavy atom. The van der Waals surface area contributed by atoms with Gasteiger partial charge in [0.15, 0.2) is 0 Å². The molecule has 0 spiro atoms. The Labute approximate surface area is 344 Å².